The standard InChI is InChI=1S/C26H31FN4O2/c1-3-17(2)31-24-7-5-4-6-23(24)25(29-31)26(32)28-20-12-21-15-33-16-22(13-20)30(21)14-18-8-10-19(27)11-9-18/h4-11,17,20-22H,3,12-16H2,1-2H3,(H,28,32)/t17?,20-,21-,22+. The fourth-order valence-corrected chi connectivity index (χ4v) is 5.19. The molecule has 6 nitrogen and oxygen atoms in total. The smallest absolute Gasteiger partial charge is 0.272 e. The lowest BCUT2D eigenvalue weighted by Gasteiger charge is -2.48. The van der Waals surface area contributed by atoms with E-state index in [2.05, 4.69) is 24.1 Å². The van der Waals surface area contributed by atoms with E-state index in [-0.39, 0.29) is 35.9 Å². The van der Waals surface area contributed by atoms with Crippen molar-refractivity contribution in [2.24, 2.45) is 0 Å². The van der Waals surface area contributed by atoms with Crippen LogP contribution in [0.2, 0.25) is 0 Å². The molecule has 0 aliphatic carbocycles. The molecule has 2 aliphatic heterocycles. The molecule has 3 heterocycles. The lowest BCUT2D eigenvalue weighted by Crippen LogP contribution is -2.60. The number of nitrogens with zero attached hydrogens (tertiary/aromatic N) is 3. The first-order chi connectivity index (χ1) is 16.0. The number of carbonyl (C=O) groups is 1. The van der Waals surface area contributed by atoms with Gasteiger partial charge in [0.05, 0.1) is 18.7 Å². The van der Waals surface area contributed by atoms with E-state index >= 15 is 0 Å². The Morgan fingerprint density at radius 2 is 1.85 bits per heavy atom. The van der Waals surface area contributed by atoms with Crippen molar-refractivity contribution in [3.8, 4) is 0 Å². The van der Waals surface area contributed by atoms with Crippen LogP contribution in [0.1, 0.15) is 55.2 Å². The molecule has 7 heteroatoms. The van der Waals surface area contributed by atoms with Gasteiger partial charge in [0.2, 0.25) is 0 Å². The Kier molecular flexibility index (Phi) is 6.17. The SMILES string of the molecule is CCC(C)n1nc(C(=O)N[C@H]2C[C@H]3COC[C@@H](C2)N3Cc2ccc(F)cc2)c2ccccc21. The molecule has 5 rings (SSSR count). The molecule has 1 amide bonds. The van der Waals surface area contributed by atoms with E-state index in [1.165, 1.54) is 12.1 Å². The third kappa shape index (κ3) is 4.39. The Hall–Kier alpha value is -2.77. The maximum absolute atomic E-state index is 13.3. The lowest BCUT2D eigenvalue weighted by atomic mass is 9.89. The second-order valence-corrected chi connectivity index (χ2v) is 9.35. The van der Waals surface area contributed by atoms with Gasteiger partial charge in [-0.3, -0.25) is 14.4 Å². The number of rotatable bonds is 6. The van der Waals surface area contributed by atoms with Crippen molar-refractivity contribution in [2.45, 2.75) is 63.8 Å². The highest BCUT2D eigenvalue weighted by Crippen LogP contribution is 2.30. The molecule has 2 aromatic carbocycles. The molecule has 2 saturated heterocycles. The number of fused-ring (bicyclic) bond motifs is 3. The monoisotopic (exact) mass is 450 g/mol. The quantitative estimate of drug-likeness (QED) is 0.608. The minimum Gasteiger partial charge on any atom is -0.378 e. The summed E-state index contributed by atoms with van der Waals surface area (Å²) < 4.78 is 21.1. The first-order valence-corrected chi connectivity index (χ1v) is 11.9. The third-order valence-electron chi connectivity index (χ3n) is 7.12. The van der Waals surface area contributed by atoms with Gasteiger partial charge in [-0.1, -0.05) is 37.3 Å². The fourth-order valence-electron chi connectivity index (χ4n) is 5.19. The van der Waals surface area contributed by atoms with E-state index < -0.39 is 0 Å². The number of carbonyl (C=O) groups excluding carboxylic acids is 1. The molecule has 0 saturated carbocycles. The zero-order valence-corrected chi connectivity index (χ0v) is 19.2. The third-order valence-corrected chi connectivity index (χ3v) is 7.12. The maximum Gasteiger partial charge on any atom is 0.272 e. The number of ether oxygens (including phenoxy) is 1. The van der Waals surface area contributed by atoms with Crippen LogP contribution in [0.15, 0.2) is 48.5 Å². The van der Waals surface area contributed by atoms with Gasteiger partial charge in [-0.25, -0.2) is 4.39 Å². The summed E-state index contributed by atoms with van der Waals surface area (Å²) in [7, 11) is 0. The summed E-state index contributed by atoms with van der Waals surface area (Å²) in [6.45, 7) is 6.31. The van der Waals surface area contributed by atoms with Crippen molar-refractivity contribution < 1.29 is 13.9 Å². The Morgan fingerprint density at radius 1 is 1.15 bits per heavy atom. The fraction of sp³-hybridized carbons (Fsp3) is 0.462. The number of morpholine rings is 1. The van der Waals surface area contributed by atoms with Crippen LogP contribution in [0.5, 0.6) is 0 Å². The molecule has 1 aromatic heterocycles. The van der Waals surface area contributed by atoms with Gasteiger partial charge in [0.25, 0.3) is 5.91 Å². The average molecular weight is 451 g/mol. The predicted molar refractivity (Wildman–Crippen MR) is 126 cm³/mol. The molecule has 4 atom stereocenters. The molecule has 1 unspecified atom stereocenters. The van der Waals surface area contributed by atoms with Crippen LogP contribution in [0.25, 0.3) is 10.9 Å². The van der Waals surface area contributed by atoms with E-state index in [0.29, 0.717) is 18.9 Å². The maximum atomic E-state index is 13.3. The van der Waals surface area contributed by atoms with Crippen LogP contribution >= 0.6 is 0 Å². The number of amides is 1. The molecule has 1 N–H and O–H groups in total. The number of hydrogen-bond acceptors (Lipinski definition) is 4. The minimum absolute atomic E-state index is 0.0772. The van der Waals surface area contributed by atoms with E-state index in [4.69, 9.17) is 9.84 Å². The van der Waals surface area contributed by atoms with Gasteiger partial charge in [-0.2, -0.15) is 5.10 Å². The summed E-state index contributed by atoms with van der Waals surface area (Å²) in [5.74, 6) is -0.323. The Balaban J connectivity index is 1.31. The normalized spacial score (nSPS) is 24.0. The van der Waals surface area contributed by atoms with Gasteiger partial charge >= 0.3 is 0 Å². The molecule has 2 bridgehead atoms. The number of benzene rings is 2. The van der Waals surface area contributed by atoms with Crippen molar-refractivity contribution in [1.29, 1.82) is 0 Å². The van der Waals surface area contributed by atoms with E-state index in [1.54, 1.807) is 0 Å². The lowest BCUT2D eigenvalue weighted by molar-refractivity contribution is -0.0843. The Labute approximate surface area is 193 Å². The van der Waals surface area contributed by atoms with Gasteiger partial charge in [0, 0.05) is 36.1 Å². The summed E-state index contributed by atoms with van der Waals surface area (Å²) in [5.41, 5.74) is 2.59. The number of piperidine rings is 1. The molecule has 2 fully saturated rings. The highest BCUT2D eigenvalue weighted by Gasteiger charge is 2.39. The molecule has 3 aromatic rings. The van der Waals surface area contributed by atoms with E-state index in [9.17, 15) is 9.18 Å². The van der Waals surface area contributed by atoms with Gasteiger partial charge in [0.15, 0.2) is 5.69 Å². The van der Waals surface area contributed by atoms with Crippen molar-refractivity contribution in [1.82, 2.24) is 20.0 Å². The zero-order chi connectivity index (χ0) is 22.9. The van der Waals surface area contributed by atoms with Crippen molar-refractivity contribution in [2.75, 3.05) is 13.2 Å². The largest absolute Gasteiger partial charge is 0.378 e. The summed E-state index contributed by atoms with van der Waals surface area (Å²) in [4.78, 5) is 15.8. The molecule has 0 spiro atoms. The van der Waals surface area contributed by atoms with Gasteiger partial charge in [-0.15, -0.1) is 0 Å². The predicted octanol–water partition coefficient (Wildman–Crippen LogP) is 4.31. The highest BCUT2D eigenvalue weighted by molar-refractivity contribution is 6.05. The van der Waals surface area contributed by atoms with Gasteiger partial charge < -0.3 is 10.1 Å². The van der Waals surface area contributed by atoms with Crippen LogP contribution in [-0.4, -0.2) is 51.9 Å². The van der Waals surface area contributed by atoms with E-state index in [1.807, 2.05) is 41.1 Å². The molecule has 174 valence electrons. The topological polar surface area (TPSA) is 59.4 Å². The number of hydrogen-bond donors (Lipinski definition) is 1. The Morgan fingerprint density at radius 3 is 2.55 bits per heavy atom. The molecular formula is C26H31FN4O2. The van der Waals surface area contributed by atoms with Gasteiger partial charge in [-0.05, 0) is 49.9 Å². The Bertz CT molecular complexity index is 1120. The molecule has 2 aliphatic rings. The molecule has 33 heavy (non-hydrogen) atoms. The first kappa shape index (κ1) is 22.0. The number of halogens is 1. The van der Waals surface area contributed by atoms with Crippen molar-refractivity contribution in [3.05, 3.63) is 65.6 Å². The number of nitrogens with one attached hydrogen (secondary N) is 1. The summed E-state index contributed by atoms with van der Waals surface area (Å²) >= 11 is 0. The van der Waals surface area contributed by atoms with Gasteiger partial charge in [0.1, 0.15) is 5.82 Å². The first-order valence-electron chi connectivity index (χ1n) is 11.9. The van der Waals surface area contributed by atoms with Crippen LogP contribution in [0, 0.1) is 5.82 Å². The van der Waals surface area contributed by atoms with Crippen molar-refractivity contribution >= 4 is 16.8 Å². The summed E-state index contributed by atoms with van der Waals surface area (Å²) in [6.07, 6.45) is 2.60. The highest BCUT2D eigenvalue weighted by atomic mass is 19.1. The van der Waals surface area contributed by atoms with Crippen molar-refractivity contribution in [3.63, 3.8) is 0 Å². The average Bonchev–Trinajstić information content (AvgIpc) is 3.20. The van der Waals surface area contributed by atoms with Crippen LogP contribution in [0.4, 0.5) is 4.39 Å². The second-order valence-electron chi connectivity index (χ2n) is 9.35. The van der Waals surface area contributed by atoms with E-state index in [0.717, 1.165) is 42.3 Å². The molecule has 0 radical (unpaired) electrons. The second kappa shape index (κ2) is 9.23. The molecular weight excluding hydrogens is 419 g/mol. The zero-order valence-electron chi connectivity index (χ0n) is 19.2. The van der Waals surface area contributed by atoms with Crippen LogP contribution in [0.3, 0.4) is 0 Å². The minimum atomic E-state index is -0.216. The summed E-state index contributed by atoms with van der Waals surface area (Å²) in [6, 6.07) is 15.4. The van der Waals surface area contributed by atoms with Crippen LogP contribution < -0.4 is 5.32 Å². The van der Waals surface area contributed by atoms with Crippen LogP contribution in [-0.2, 0) is 11.3 Å². The number of aromatic nitrogens is 2. The summed E-state index contributed by atoms with van der Waals surface area (Å²) in [5, 5.41) is 8.88. The number of para-hydroxylation sites is 1.